The first-order valence-electron chi connectivity index (χ1n) is 13.8. The summed E-state index contributed by atoms with van der Waals surface area (Å²) in [5, 5.41) is 15.8. The molecule has 0 spiro atoms. The van der Waals surface area contributed by atoms with Gasteiger partial charge in [-0.25, -0.2) is 30.1 Å². The standard InChI is InChI=1S/C31H28N10/c1-3-11-24(12-4-1)31(26-23-32-19-20-33-26)28(25-13-9-18-37-38-25)29(30-35-16-10-17-36-30)41(39-21-7-2-8-22-39)40(31)27-14-5-6-15-34-27/h1,3-6,9-20,23H,2,7-8,21-22H2. The van der Waals surface area contributed by atoms with E-state index in [4.69, 9.17) is 19.9 Å². The van der Waals surface area contributed by atoms with Gasteiger partial charge in [0, 0.05) is 55.8 Å². The summed E-state index contributed by atoms with van der Waals surface area (Å²) in [4.78, 5) is 24.0. The molecule has 0 saturated carbocycles. The number of hydrogen-bond acceptors (Lipinski definition) is 10. The highest BCUT2D eigenvalue weighted by Crippen LogP contribution is 2.56. The highest BCUT2D eigenvalue weighted by Gasteiger charge is 2.59. The van der Waals surface area contributed by atoms with Gasteiger partial charge in [0.05, 0.1) is 17.6 Å². The van der Waals surface area contributed by atoms with Crippen LogP contribution in [0.1, 0.15) is 42.0 Å². The summed E-state index contributed by atoms with van der Waals surface area (Å²) in [5.74, 6) is 1.31. The van der Waals surface area contributed by atoms with Gasteiger partial charge >= 0.3 is 0 Å². The zero-order chi connectivity index (χ0) is 27.5. The van der Waals surface area contributed by atoms with E-state index in [9.17, 15) is 0 Å². The number of rotatable bonds is 6. The van der Waals surface area contributed by atoms with Gasteiger partial charge in [0.2, 0.25) is 0 Å². The number of hydrogen-bond donors (Lipinski definition) is 0. The first-order valence-corrected chi connectivity index (χ1v) is 13.8. The molecule has 1 saturated heterocycles. The van der Waals surface area contributed by atoms with Crippen LogP contribution in [0, 0.1) is 0 Å². The Balaban J connectivity index is 1.68. The van der Waals surface area contributed by atoms with E-state index in [1.54, 1.807) is 31.0 Å². The van der Waals surface area contributed by atoms with Crippen molar-refractivity contribution in [2.75, 3.05) is 18.1 Å². The molecule has 7 rings (SSSR count). The fourth-order valence-corrected chi connectivity index (χ4v) is 5.88. The Hall–Kier alpha value is -5.09. The maximum atomic E-state index is 4.97. The van der Waals surface area contributed by atoms with Crippen molar-refractivity contribution in [3.05, 3.63) is 133 Å². The lowest BCUT2D eigenvalue weighted by Crippen LogP contribution is -2.58. The molecule has 6 heterocycles. The van der Waals surface area contributed by atoms with E-state index >= 15 is 0 Å². The average Bonchev–Trinajstić information content (AvgIpc) is 3.40. The topological polar surface area (TPSA) is 99.9 Å². The van der Waals surface area contributed by atoms with Gasteiger partial charge in [0.15, 0.2) is 11.4 Å². The predicted octanol–water partition coefficient (Wildman–Crippen LogP) is 4.40. The summed E-state index contributed by atoms with van der Waals surface area (Å²) in [7, 11) is 0. The molecular weight excluding hydrogens is 512 g/mol. The van der Waals surface area contributed by atoms with Crippen LogP contribution in [-0.2, 0) is 5.54 Å². The minimum absolute atomic E-state index is 0.571. The lowest BCUT2D eigenvalue weighted by Gasteiger charge is -2.48. The number of anilines is 1. The van der Waals surface area contributed by atoms with Crippen LogP contribution < -0.4 is 5.01 Å². The van der Waals surface area contributed by atoms with E-state index in [1.807, 2.05) is 67.0 Å². The third-order valence-electron chi connectivity index (χ3n) is 7.50. The molecule has 1 aromatic carbocycles. The van der Waals surface area contributed by atoms with Gasteiger partial charge in [-0.15, -0.1) is 0 Å². The number of benzene rings is 1. The molecule has 202 valence electrons. The zero-order valence-corrected chi connectivity index (χ0v) is 22.4. The third-order valence-corrected chi connectivity index (χ3v) is 7.50. The van der Waals surface area contributed by atoms with Crippen LogP contribution in [0.2, 0.25) is 0 Å². The molecule has 5 aromatic rings. The predicted molar refractivity (Wildman–Crippen MR) is 154 cm³/mol. The molecule has 2 aliphatic heterocycles. The molecule has 0 amide bonds. The normalized spacial score (nSPS) is 19.5. The highest BCUT2D eigenvalue weighted by atomic mass is 15.9. The summed E-state index contributed by atoms with van der Waals surface area (Å²) in [6.45, 7) is 1.72. The van der Waals surface area contributed by atoms with Crippen LogP contribution in [-0.4, -0.2) is 58.3 Å². The minimum atomic E-state index is -1.05. The third kappa shape index (κ3) is 4.20. The first-order chi connectivity index (χ1) is 20.4. The van der Waals surface area contributed by atoms with Crippen LogP contribution in [0.25, 0.3) is 11.3 Å². The molecule has 41 heavy (non-hydrogen) atoms. The number of hydrazine groups is 2. The van der Waals surface area contributed by atoms with Gasteiger partial charge < -0.3 is 0 Å². The number of piperidine rings is 1. The molecular formula is C31H28N10. The summed E-state index contributed by atoms with van der Waals surface area (Å²) >= 11 is 0. The SMILES string of the molecule is c1ccc(C2(c3cnccn3)C(c3cccnn3)=C(c3ncccn3)N(N3CCCCC3)N2c2ccccn2)cc1. The highest BCUT2D eigenvalue weighted by molar-refractivity contribution is 5.99. The Morgan fingerprint density at radius 2 is 1.46 bits per heavy atom. The van der Waals surface area contributed by atoms with E-state index in [2.05, 4.69) is 42.4 Å². The van der Waals surface area contributed by atoms with Crippen molar-refractivity contribution in [1.82, 2.24) is 45.2 Å². The van der Waals surface area contributed by atoms with Crippen LogP contribution in [0.5, 0.6) is 0 Å². The quantitative estimate of drug-likeness (QED) is 0.308. The van der Waals surface area contributed by atoms with Crippen LogP contribution in [0.15, 0.2) is 110 Å². The molecule has 1 atom stereocenters. The van der Waals surface area contributed by atoms with Crippen molar-refractivity contribution >= 4 is 17.1 Å². The Labute approximate surface area is 238 Å². The molecule has 0 N–H and O–H groups in total. The largest absolute Gasteiger partial charge is 0.261 e. The Morgan fingerprint density at radius 1 is 0.659 bits per heavy atom. The van der Waals surface area contributed by atoms with Crippen LogP contribution in [0.4, 0.5) is 5.82 Å². The molecule has 0 bridgehead atoms. The summed E-state index contributed by atoms with van der Waals surface area (Å²) in [6.07, 6.45) is 15.6. The smallest absolute Gasteiger partial charge is 0.179 e. The Kier molecular flexibility index (Phi) is 6.58. The molecule has 4 aromatic heterocycles. The average molecular weight is 541 g/mol. The van der Waals surface area contributed by atoms with Crippen molar-refractivity contribution in [1.29, 1.82) is 0 Å². The van der Waals surface area contributed by atoms with E-state index in [0.29, 0.717) is 17.2 Å². The molecule has 0 aliphatic carbocycles. The molecule has 1 fully saturated rings. The van der Waals surface area contributed by atoms with E-state index in [-0.39, 0.29) is 0 Å². The lowest BCUT2D eigenvalue weighted by atomic mass is 9.77. The summed E-state index contributed by atoms with van der Waals surface area (Å²) < 4.78 is 0. The van der Waals surface area contributed by atoms with Crippen LogP contribution >= 0.6 is 0 Å². The van der Waals surface area contributed by atoms with Gasteiger partial charge in [-0.05, 0) is 48.7 Å². The second-order valence-electron chi connectivity index (χ2n) is 9.88. The summed E-state index contributed by atoms with van der Waals surface area (Å²) in [5.41, 5.74) is 2.97. The second kappa shape index (κ2) is 10.8. The molecule has 0 radical (unpaired) electrons. The van der Waals surface area contributed by atoms with E-state index in [0.717, 1.165) is 48.6 Å². The molecule has 10 heteroatoms. The lowest BCUT2D eigenvalue weighted by molar-refractivity contribution is -0.000364. The minimum Gasteiger partial charge on any atom is -0.261 e. The van der Waals surface area contributed by atoms with Gasteiger partial charge in [0.1, 0.15) is 11.5 Å². The van der Waals surface area contributed by atoms with Gasteiger partial charge in [-0.3, -0.25) is 9.97 Å². The van der Waals surface area contributed by atoms with Crippen molar-refractivity contribution in [2.45, 2.75) is 24.8 Å². The fourth-order valence-electron chi connectivity index (χ4n) is 5.88. The number of pyridine rings is 1. The fraction of sp³-hybridized carbons (Fsp3) is 0.194. The molecule has 1 unspecified atom stereocenters. The maximum Gasteiger partial charge on any atom is 0.179 e. The van der Waals surface area contributed by atoms with Crippen molar-refractivity contribution < 1.29 is 0 Å². The molecule has 10 nitrogen and oxygen atoms in total. The van der Waals surface area contributed by atoms with Crippen molar-refractivity contribution in [3.8, 4) is 0 Å². The zero-order valence-electron chi connectivity index (χ0n) is 22.4. The van der Waals surface area contributed by atoms with E-state index < -0.39 is 5.54 Å². The van der Waals surface area contributed by atoms with E-state index in [1.165, 1.54) is 6.42 Å². The van der Waals surface area contributed by atoms with Gasteiger partial charge in [0.25, 0.3) is 0 Å². The molecule has 2 aliphatic rings. The first kappa shape index (κ1) is 24.9. The monoisotopic (exact) mass is 540 g/mol. The van der Waals surface area contributed by atoms with Crippen LogP contribution in [0.3, 0.4) is 0 Å². The van der Waals surface area contributed by atoms with Crippen molar-refractivity contribution in [2.24, 2.45) is 0 Å². The Bertz CT molecular complexity index is 1570. The summed E-state index contributed by atoms with van der Waals surface area (Å²) in [6, 6.07) is 22.0. The Morgan fingerprint density at radius 3 is 2.17 bits per heavy atom. The van der Waals surface area contributed by atoms with Gasteiger partial charge in [-0.1, -0.05) is 42.8 Å². The maximum absolute atomic E-state index is 4.97. The number of nitrogens with zero attached hydrogens (tertiary/aromatic N) is 10. The number of aromatic nitrogens is 7. The van der Waals surface area contributed by atoms with Crippen molar-refractivity contribution in [3.63, 3.8) is 0 Å². The second-order valence-corrected chi connectivity index (χ2v) is 9.88. The van der Waals surface area contributed by atoms with Gasteiger partial charge in [-0.2, -0.15) is 10.2 Å².